The number of Topliss-reactive ketones (excluding diaryl/α,β-unsaturated/α-hetero) is 1. The maximum atomic E-state index is 12.2. The smallest absolute Gasteiger partial charge is 0.219 e. The zero-order valence-corrected chi connectivity index (χ0v) is 21.9. The number of ketones is 1. The van der Waals surface area contributed by atoms with E-state index in [1.807, 2.05) is 18.2 Å². The molecule has 7 heteroatoms. The van der Waals surface area contributed by atoms with Gasteiger partial charge in [-0.15, -0.1) is 10.2 Å². The van der Waals surface area contributed by atoms with Crippen LogP contribution in [0.15, 0.2) is 59.8 Å². The molecule has 190 valence electrons. The topological polar surface area (TPSA) is 76.9 Å². The van der Waals surface area contributed by atoms with Crippen molar-refractivity contribution in [2.24, 2.45) is 5.92 Å². The molecule has 0 radical (unpaired) electrons. The van der Waals surface area contributed by atoms with E-state index in [2.05, 4.69) is 63.4 Å². The third kappa shape index (κ3) is 7.53. The molecule has 1 aromatic heterocycles. The summed E-state index contributed by atoms with van der Waals surface area (Å²) in [6.45, 7) is 2.77. The molecule has 1 fully saturated rings. The van der Waals surface area contributed by atoms with E-state index in [1.54, 1.807) is 11.8 Å². The number of amides is 1. The lowest BCUT2D eigenvalue weighted by Crippen LogP contribution is -2.24. The summed E-state index contributed by atoms with van der Waals surface area (Å²) < 4.78 is 2.14. The number of para-hydroxylation sites is 1. The number of aromatic nitrogens is 3. The zero-order valence-electron chi connectivity index (χ0n) is 21.1. The summed E-state index contributed by atoms with van der Waals surface area (Å²) in [7, 11) is 0. The van der Waals surface area contributed by atoms with Gasteiger partial charge in [0.25, 0.3) is 0 Å². The zero-order chi connectivity index (χ0) is 25.2. The summed E-state index contributed by atoms with van der Waals surface area (Å²) >= 11 is 1.69. The highest BCUT2D eigenvalue weighted by Gasteiger charge is 2.23. The fourth-order valence-electron chi connectivity index (χ4n) is 4.77. The van der Waals surface area contributed by atoms with Crippen LogP contribution in [0.25, 0.3) is 5.69 Å². The van der Waals surface area contributed by atoms with Crippen LogP contribution in [0, 0.1) is 12.8 Å². The molecule has 0 spiro atoms. The Kier molecular flexibility index (Phi) is 9.73. The molecular weight excluding hydrogens is 468 g/mol. The highest BCUT2D eigenvalue weighted by molar-refractivity contribution is 7.98. The highest BCUT2D eigenvalue weighted by Crippen LogP contribution is 2.27. The van der Waals surface area contributed by atoms with Crippen molar-refractivity contribution in [1.29, 1.82) is 0 Å². The van der Waals surface area contributed by atoms with Gasteiger partial charge in [0.1, 0.15) is 11.6 Å². The maximum absolute atomic E-state index is 12.2. The summed E-state index contributed by atoms with van der Waals surface area (Å²) in [5.41, 5.74) is 3.58. The van der Waals surface area contributed by atoms with Crippen LogP contribution in [0.5, 0.6) is 0 Å². The minimum Gasteiger partial charge on any atom is -0.356 e. The lowest BCUT2D eigenvalue weighted by Gasteiger charge is -2.11. The molecular formula is C29H36N4O2S. The van der Waals surface area contributed by atoms with Gasteiger partial charge in [-0.05, 0) is 63.1 Å². The van der Waals surface area contributed by atoms with Crippen molar-refractivity contribution in [3.05, 3.63) is 71.5 Å². The van der Waals surface area contributed by atoms with Crippen molar-refractivity contribution >= 4 is 23.5 Å². The molecule has 0 aliphatic heterocycles. The molecule has 1 atom stereocenters. The fraction of sp³-hybridized carbons (Fsp3) is 0.448. The molecule has 1 aliphatic rings. The van der Waals surface area contributed by atoms with Crippen LogP contribution in [0.2, 0.25) is 0 Å². The van der Waals surface area contributed by atoms with Gasteiger partial charge < -0.3 is 5.32 Å². The molecule has 1 aliphatic carbocycles. The molecule has 3 aromatic rings. The summed E-state index contributed by atoms with van der Waals surface area (Å²) in [5, 5.41) is 12.9. The second-order valence-corrected chi connectivity index (χ2v) is 10.5. The van der Waals surface area contributed by atoms with E-state index < -0.39 is 0 Å². The number of unbranched alkanes of at least 4 members (excludes halogenated alkanes) is 1. The third-order valence-corrected chi connectivity index (χ3v) is 7.70. The SMILES string of the molecule is Cc1cccc(CSc2nnc(CCCCC(=O)NCCCC3CCCC3=O)n2-c2ccccc2)c1. The first-order valence-corrected chi connectivity index (χ1v) is 14.1. The number of rotatable bonds is 13. The van der Waals surface area contributed by atoms with E-state index in [1.165, 1.54) is 11.1 Å². The normalized spacial score (nSPS) is 15.4. The molecule has 1 amide bonds. The van der Waals surface area contributed by atoms with Crippen LogP contribution < -0.4 is 5.32 Å². The molecule has 0 saturated heterocycles. The van der Waals surface area contributed by atoms with Crippen molar-refractivity contribution in [3.8, 4) is 5.69 Å². The predicted octanol–water partition coefficient (Wildman–Crippen LogP) is 5.85. The standard InChI is InChI=1S/C29H36N4O2S/c1-22-10-7-11-23(20-22)21-36-29-32-31-27(33(29)25-14-3-2-4-15-25)17-5-6-18-28(35)30-19-9-13-24-12-8-16-26(24)34/h2-4,7,10-11,14-15,20,24H,5-6,8-9,12-13,16-19,21H2,1H3,(H,30,35). The second kappa shape index (κ2) is 13.4. The molecule has 4 rings (SSSR count). The highest BCUT2D eigenvalue weighted by atomic mass is 32.2. The summed E-state index contributed by atoms with van der Waals surface area (Å²) in [6, 6.07) is 18.8. The van der Waals surface area contributed by atoms with Gasteiger partial charge in [-0.25, -0.2) is 0 Å². The predicted molar refractivity (Wildman–Crippen MR) is 144 cm³/mol. The quantitative estimate of drug-likeness (QED) is 0.234. The average Bonchev–Trinajstić information content (AvgIpc) is 3.49. The van der Waals surface area contributed by atoms with Crippen LogP contribution in [-0.4, -0.2) is 33.0 Å². The molecule has 1 unspecified atom stereocenters. The largest absolute Gasteiger partial charge is 0.356 e. The fourth-order valence-corrected chi connectivity index (χ4v) is 5.68. The van der Waals surface area contributed by atoms with E-state index in [0.717, 1.165) is 73.8 Å². The minimum absolute atomic E-state index is 0.0895. The first kappa shape index (κ1) is 26.1. The van der Waals surface area contributed by atoms with Crippen molar-refractivity contribution in [1.82, 2.24) is 20.1 Å². The van der Waals surface area contributed by atoms with E-state index in [-0.39, 0.29) is 11.8 Å². The molecule has 1 saturated carbocycles. The number of thioether (sulfide) groups is 1. The molecule has 6 nitrogen and oxygen atoms in total. The van der Waals surface area contributed by atoms with Crippen LogP contribution in [0.3, 0.4) is 0 Å². The Morgan fingerprint density at radius 1 is 1.08 bits per heavy atom. The average molecular weight is 505 g/mol. The Bertz CT molecular complexity index is 1150. The van der Waals surface area contributed by atoms with Gasteiger partial charge in [0.2, 0.25) is 5.91 Å². The molecule has 0 bridgehead atoms. The van der Waals surface area contributed by atoms with Crippen molar-refractivity contribution in [3.63, 3.8) is 0 Å². The van der Waals surface area contributed by atoms with Gasteiger partial charge in [-0.3, -0.25) is 14.2 Å². The Balaban J connectivity index is 1.25. The monoisotopic (exact) mass is 504 g/mol. The number of carbonyl (C=O) groups is 2. The van der Waals surface area contributed by atoms with Crippen molar-refractivity contribution < 1.29 is 9.59 Å². The molecule has 2 aromatic carbocycles. The number of hydrogen-bond acceptors (Lipinski definition) is 5. The Hall–Kier alpha value is -2.93. The second-order valence-electron chi connectivity index (χ2n) is 9.60. The van der Waals surface area contributed by atoms with E-state index in [0.29, 0.717) is 18.7 Å². The Morgan fingerprint density at radius 2 is 1.94 bits per heavy atom. The number of nitrogens with one attached hydrogen (secondary N) is 1. The summed E-state index contributed by atoms with van der Waals surface area (Å²) in [6.07, 6.45) is 7.53. The number of nitrogens with zero attached hydrogens (tertiary/aromatic N) is 3. The molecule has 1 heterocycles. The van der Waals surface area contributed by atoms with Crippen molar-refractivity contribution in [2.75, 3.05) is 6.54 Å². The van der Waals surface area contributed by atoms with Gasteiger partial charge in [0.15, 0.2) is 5.16 Å². The first-order chi connectivity index (χ1) is 17.6. The van der Waals surface area contributed by atoms with E-state index in [4.69, 9.17) is 0 Å². The lowest BCUT2D eigenvalue weighted by atomic mass is 10.0. The van der Waals surface area contributed by atoms with Gasteiger partial charge in [-0.1, -0.05) is 59.8 Å². The lowest BCUT2D eigenvalue weighted by molar-refractivity contribution is -0.121. The Morgan fingerprint density at radius 3 is 2.72 bits per heavy atom. The summed E-state index contributed by atoms with van der Waals surface area (Å²) in [5.74, 6) is 2.48. The Labute approximate surface area is 218 Å². The van der Waals surface area contributed by atoms with Crippen LogP contribution in [0.4, 0.5) is 0 Å². The van der Waals surface area contributed by atoms with E-state index >= 15 is 0 Å². The van der Waals surface area contributed by atoms with Gasteiger partial charge in [0, 0.05) is 43.2 Å². The first-order valence-electron chi connectivity index (χ1n) is 13.1. The summed E-state index contributed by atoms with van der Waals surface area (Å²) in [4.78, 5) is 24.0. The van der Waals surface area contributed by atoms with Crippen LogP contribution in [0.1, 0.15) is 68.3 Å². The minimum atomic E-state index is 0.0895. The maximum Gasteiger partial charge on any atom is 0.219 e. The van der Waals surface area contributed by atoms with E-state index in [9.17, 15) is 9.59 Å². The van der Waals surface area contributed by atoms with Crippen molar-refractivity contribution in [2.45, 2.75) is 75.6 Å². The number of hydrogen-bond donors (Lipinski definition) is 1. The molecule has 1 N–H and O–H groups in total. The molecule has 36 heavy (non-hydrogen) atoms. The van der Waals surface area contributed by atoms with Crippen LogP contribution in [-0.2, 0) is 21.8 Å². The number of carbonyl (C=O) groups excluding carboxylic acids is 2. The van der Waals surface area contributed by atoms with Gasteiger partial charge >= 0.3 is 0 Å². The van der Waals surface area contributed by atoms with Crippen LogP contribution >= 0.6 is 11.8 Å². The van der Waals surface area contributed by atoms with Gasteiger partial charge in [0.05, 0.1) is 0 Å². The third-order valence-electron chi connectivity index (χ3n) is 6.70. The van der Waals surface area contributed by atoms with Gasteiger partial charge in [-0.2, -0.15) is 0 Å². The number of aryl methyl sites for hydroxylation is 2. The number of benzene rings is 2.